The van der Waals surface area contributed by atoms with Crippen molar-refractivity contribution in [3.8, 4) is 10.6 Å². The molecule has 0 aliphatic carbocycles. The lowest BCUT2D eigenvalue weighted by atomic mass is 10.1. The molecule has 2 unspecified atom stereocenters. The van der Waals surface area contributed by atoms with Crippen molar-refractivity contribution < 1.29 is 35.5 Å². The monoisotopic (exact) mass is 502 g/mol. The molecule has 1 aliphatic rings. The number of anilines is 2. The van der Waals surface area contributed by atoms with Crippen molar-refractivity contribution in [2.75, 3.05) is 9.62 Å². The minimum atomic E-state index is -4.81. The maximum Gasteiger partial charge on any atom is 0.427 e. The maximum absolute atomic E-state index is 13.2. The lowest BCUT2D eigenvalue weighted by Crippen LogP contribution is -2.41. The summed E-state index contributed by atoms with van der Waals surface area (Å²) in [5.41, 5.74) is 0.276. The lowest BCUT2D eigenvalue weighted by Gasteiger charge is -2.23. The van der Waals surface area contributed by atoms with Crippen LogP contribution >= 0.6 is 11.3 Å². The number of hydrogen-bond donors (Lipinski definition) is 1. The van der Waals surface area contributed by atoms with Crippen LogP contribution in [0.4, 0.5) is 33.9 Å². The first-order valence-corrected chi connectivity index (χ1v) is 11.5. The minimum absolute atomic E-state index is 0.207. The second-order valence-electron chi connectivity index (χ2n) is 6.93. The summed E-state index contributed by atoms with van der Waals surface area (Å²) < 4.78 is 84.9. The number of cyclic esters (lactones) is 1. The van der Waals surface area contributed by atoms with E-state index < -0.39 is 40.3 Å². The quantitative estimate of drug-likeness (QED) is 0.519. The Hall–Kier alpha value is -3.26. The standard InChI is InChI=1S/C19H14F4N4O4S2/c1-10-15(19(21,22)23)31-18(28)27(10)16-13(3-2-8-24-16)26-33(29,30)14-9-25-17(32-14)11-4-6-12(20)7-5-11/h2-10,15,26H,1H3. The van der Waals surface area contributed by atoms with Gasteiger partial charge in [-0.1, -0.05) is 0 Å². The summed E-state index contributed by atoms with van der Waals surface area (Å²) in [6.45, 7) is 1.12. The van der Waals surface area contributed by atoms with Gasteiger partial charge in [0.05, 0.1) is 17.9 Å². The highest BCUT2D eigenvalue weighted by molar-refractivity contribution is 7.94. The molecule has 14 heteroatoms. The number of ether oxygens (including phenoxy) is 1. The van der Waals surface area contributed by atoms with E-state index in [1.807, 2.05) is 0 Å². The highest BCUT2D eigenvalue weighted by Crippen LogP contribution is 2.38. The van der Waals surface area contributed by atoms with E-state index in [9.17, 15) is 30.8 Å². The molecule has 33 heavy (non-hydrogen) atoms. The minimum Gasteiger partial charge on any atom is -0.434 e. The molecule has 0 radical (unpaired) electrons. The van der Waals surface area contributed by atoms with Gasteiger partial charge in [-0.3, -0.25) is 9.62 Å². The molecule has 1 fully saturated rings. The molecule has 0 saturated carbocycles. The van der Waals surface area contributed by atoms with Gasteiger partial charge in [0.2, 0.25) is 6.10 Å². The number of amides is 1. The van der Waals surface area contributed by atoms with E-state index in [2.05, 4.69) is 19.4 Å². The molecular weight excluding hydrogens is 488 g/mol. The summed E-state index contributed by atoms with van der Waals surface area (Å²) in [5.74, 6) is -0.801. The molecule has 4 rings (SSSR count). The molecular formula is C19H14F4N4O4S2. The lowest BCUT2D eigenvalue weighted by molar-refractivity contribution is -0.198. The zero-order valence-electron chi connectivity index (χ0n) is 16.6. The number of aromatic nitrogens is 2. The molecule has 2 atom stereocenters. The van der Waals surface area contributed by atoms with Gasteiger partial charge in [0.1, 0.15) is 10.8 Å². The largest absolute Gasteiger partial charge is 0.434 e. The van der Waals surface area contributed by atoms with Gasteiger partial charge in [0.25, 0.3) is 10.0 Å². The number of carbonyl (C=O) groups is 1. The fourth-order valence-corrected chi connectivity index (χ4v) is 5.36. The highest BCUT2D eigenvalue weighted by Gasteiger charge is 2.55. The number of thiazole rings is 1. The first-order chi connectivity index (χ1) is 15.5. The van der Waals surface area contributed by atoms with Gasteiger partial charge in [-0.25, -0.2) is 27.6 Å². The van der Waals surface area contributed by atoms with Crippen LogP contribution in [0.25, 0.3) is 10.6 Å². The first-order valence-electron chi connectivity index (χ1n) is 9.23. The Morgan fingerprint density at radius 3 is 2.48 bits per heavy atom. The number of pyridine rings is 1. The Morgan fingerprint density at radius 2 is 1.85 bits per heavy atom. The Balaban J connectivity index is 1.63. The van der Waals surface area contributed by atoms with E-state index >= 15 is 0 Å². The summed E-state index contributed by atoms with van der Waals surface area (Å²) in [7, 11) is -4.25. The average Bonchev–Trinajstić information content (AvgIpc) is 3.34. The van der Waals surface area contributed by atoms with E-state index in [-0.39, 0.29) is 15.7 Å². The SMILES string of the molecule is CC1C(C(F)(F)F)OC(=O)N1c1ncccc1NS(=O)(=O)c1cnc(-c2ccc(F)cc2)s1. The van der Waals surface area contributed by atoms with E-state index in [0.29, 0.717) is 15.5 Å². The third-order valence-corrected chi connectivity index (χ3v) is 7.57. The Morgan fingerprint density at radius 1 is 1.15 bits per heavy atom. The summed E-state index contributed by atoms with van der Waals surface area (Å²) in [6, 6.07) is 6.41. The smallest absolute Gasteiger partial charge is 0.427 e. The van der Waals surface area contributed by atoms with E-state index in [1.54, 1.807) is 0 Å². The summed E-state index contributed by atoms with van der Waals surface area (Å²) >= 11 is 0.803. The number of benzene rings is 1. The molecule has 0 bridgehead atoms. The van der Waals surface area contributed by atoms with Crippen molar-refractivity contribution in [2.45, 2.75) is 29.5 Å². The van der Waals surface area contributed by atoms with Crippen molar-refractivity contribution in [1.82, 2.24) is 9.97 Å². The number of hydrogen-bond acceptors (Lipinski definition) is 7. The van der Waals surface area contributed by atoms with Gasteiger partial charge in [-0.15, -0.1) is 11.3 Å². The molecule has 1 N–H and O–H groups in total. The summed E-state index contributed by atoms with van der Waals surface area (Å²) in [4.78, 5) is 20.7. The molecule has 0 spiro atoms. The zero-order chi connectivity index (χ0) is 24.0. The predicted octanol–water partition coefficient (Wildman–Crippen LogP) is 4.42. The molecule has 1 amide bonds. The van der Waals surface area contributed by atoms with Crippen molar-refractivity contribution in [1.29, 1.82) is 0 Å². The van der Waals surface area contributed by atoms with Crippen molar-refractivity contribution >= 4 is 39.0 Å². The Bertz CT molecular complexity index is 1300. The van der Waals surface area contributed by atoms with E-state index in [0.717, 1.165) is 24.5 Å². The van der Waals surface area contributed by atoms with E-state index in [1.165, 1.54) is 42.6 Å². The van der Waals surface area contributed by atoms with Crippen LogP contribution in [0.15, 0.2) is 53.0 Å². The molecule has 1 saturated heterocycles. The molecule has 1 aliphatic heterocycles. The first kappa shape index (κ1) is 22.9. The number of nitrogens with zero attached hydrogens (tertiary/aromatic N) is 3. The zero-order valence-corrected chi connectivity index (χ0v) is 18.2. The van der Waals surface area contributed by atoms with Crippen LogP contribution < -0.4 is 9.62 Å². The number of nitrogens with one attached hydrogen (secondary N) is 1. The van der Waals surface area contributed by atoms with Crippen molar-refractivity contribution in [3.05, 3.63) is 54.6 Å². The number of halogens is 4. The molecule has 174 valence electrons. The predicted molar refractivity (Wildman–Crippen MR) is 111 cm³/mol. The van der Waals surface area contributed by atoms with Crippen LogP contribution in [-0.2, 0) is 14.8 Å². The number of rotatable bonds is 5. The molecule has 2 aromatic heterocycles. The van der Waals surface area contributed by atoms with Crippen LogP contribution in [0.1, 0.15) is 6.92 Å². The third-order valence-electron chi connectivity index (χ3n) is 4.69. The summed E-state index contributed by atoms with van der Waals surface area (Å²) in [6.07, 6.45) is -6.21. The molecule has 3 heterocycles. The second kappa shape index (κ2) is 8.26. The number of alkyl halides is 3. The maximum atomic E-state index is 13.2. The van der Waals surface area contributed by atoms with Gasteiger partial charge < -0.3 is 4.74 Å². The van der Waals surface area contributed by atoms with Gasteiger partial charge in [0, 0.05) is 11.8 Å². The second-order valence-corrected chi connectivity index (χ2v) is 9.87. The average molecular weight is 502 g/mol. The van der Waals surface area contributed by atoms with Crippen LogP contribution in [0.3, 0.4) is 0 Å². The highest BCUT2D eigenvalue weighted by atomic mass is 32.2. The van der Waals surface area contributed by atoms with Crippen LogP contribution in [-0.4, -0.2) is 42.8 Å². The van der Waals surface area contributed by atoms with Gasteiger partial charge >= 0.3 is 12.3 Å². The summed E-state index contributed by atoms with van der Waals surface area (Å²) in [5, 5.41) is 0.312. The number of carbonyl (C=O) groups excluding carboxylic acids is 1. The fraction of sp³-hybridized carbons (Fsp3) is 0.211. The fourth-order valence-electron chi connectivity index (χ4n) is 3.16. The Labute approximate surface area is 188 Å². The molecule has 1 aromatic carbocycles. The van der Waals surface area contributed by atoms with E-state index in [4.69, 9.17) is 0 Å². The van der Waals surface area contributed by atoms with Crippen LogP contribution in [0.5, 0.6) is 0 Å². The van der Waals surface area contributed by atoms with Gasteiger partial charge in [0.15, 0.2) is 10.0 Å². The number of sulfonamides is 1. The van der Waals surface area contributed by atoms with Gasteiger partial charge in [-0.2, -0.15) is 13.2 Å². The topological polar surface area (TPSA) is 101 Å². The van der Waals surface area contributed by atoms with Crippen molar-refractivity contribution in [2.24, 2.45) is 0 Å². The third kappa shape index (κ3) is 4.48. The normalized spacial score (nSPS) is 18.9. The molecule has 8 nitrogen and oxygen atoms in total. The van der Waals surface area contributed by atoms with Crippen LogP contribution in [0.2, 0.25) is 0 Å². The Kier molecular flexibility index (Phi) is 5.74. The van der Waals surface area contributed by atoms with Crippen LogP contribution in [0, 0.1) is 5.82 Å². The molecule has 3 aromatic rings. The van der Waals surface area contributed by atoms with Gasteiger partial charge in [-0.05, 0) is 43.3 Å². The van der Waals surface area contributed by atoms with Crippen molar-refractivity contribution in [3.63, 3.8) is 0 Å².